The highest BCUT2D eigenvalue weighted by Crippen LogP contribution is 2.36. The molecule has 106 valence electrons. The number of rotatable bonds is 7. The van der Waals surface area contributed by atoms with Crippen LogP contribution in [0.5, 0.6) is 0 Å². The van der Waals surface area contributed by atoms with Crippen LogP contribution in [0.1, 0.15) is 25.3 Å². The monoisotopic (exact) mass is 330 g/mol. The molecule has 0 bridgehead atoms. The van der Waals surface area contributed by atoms with Crippen molar-refractivity contribution in [2.45, 2.75) is 38.3 Å². The van der Waals surface area contributed by atoms with E-state index in [1.165, 1.54) is 18.9 Å². The highest BCUT2D eigenvalue weighted by Gasteiger charge is 2.37. The number of ether oxygens (including phenoxy) is 1. The van der Waals surface area contributed by atoms with Crippen LogP contribution in [0, 0.1) is 11.7 Å². The van der Waals surface area contributed by atoms with E-state index in [2.05, 4.69) is 21.4 Å². The van der Waals surface area contributed by atoms with Crippen LogP contribution < -0.4 is 11.3 Å². The summed E-state index contributed by atoms with van der Waals surface area (Å²) in [5.41, 5.74) is 3.75. The molecule has 2 atom stereocenters. The van der Waals surface area contributed by atoms with Crippen LogP contribution >= 0.6 is 15.9 Å². The Morgan fingerprint density at radius 2 is 2.26 bits per heavy atom. The molecule has 0 aliphatic heterocycles. The quantitative estimate of drug-likeness (QED) is 0.597. The van der Waals surface area contributed by atoms with E-state index in [1.54, 1.807) is 12.1 Å². The van der Waals surface area contributed by atoms with Crippen LogP contribution in [0.2, 0.25) is 0 Å². The zero-order valence-corrected chi connectivity index (χ0v) is 12.6. The Balaban J connectivity index is 2.10. The largest absolute Gasteiger partial charge is 0.377 e. The number of hydrogen-bond acceptors (Lipinski definition) is 3. The summed E-state index contributed by atoms with van der Waals surface area (Å²) < 4.78 is 20.0. The van der Waals surface area contributed by atoms with Crippen LogP contribution in [0.15, 0.2) is 22.7 Å². The fourth-order valence-electron chi connectivity index (χ4n) is 2.40. The summed E-state index contributed by atoms with van der Waals surface area (Å²) in [6.45, 7) is 2.66. The molecule has 2 unspecified atom stereocenters. The molecular weight excluding hydrogens is 311 g/mol. The first kappa shape index (κ1) is 14.9. The Morgan fingerprint density at radius 1 is 1.53 bits per heavy atom. The molecule has 3 N–H and O–H groups in total. The third kappa shape index (κ3) is 3.99. The average molecular weight is 331 g/mol. The third-order valence-electron chi connectivity index (χ3n) is 3.50. The van der Waals surface area contributed by atoms with E-state index < -0.39 is 0 Å². The molecular formula is C14H20BrFN2O. The standard InChI is InChI=1S/C14H20BrFN2O/c1-2-19-14(9-3-4-9)13(18-17)8-10-7-11(16)5-6-12(10)15/h5-7,9,13-14,18H,2-4,8,17H2,1H3. The average Bonchev–Trinajstić information content (AvgIpc) is 3.22. The van der Waals surface area contributed by atoms with Crippen molar-refractivity contribution in [1.29, 1.82) is 0 Å². The molecule has 5 heteroatoms. The topological polar surface area (TPSA) is 47.3 Å². The predicted octanol–water partition coefficient (Wildman–Crippen LogP) is 2.78. The predicted molar refractivity (Wildman–Crippen MR) is 77.1 cm³/mol. The zero-order valence-electron chi connectivity index (χ0n) is 11.0. The van der Waals surface area contributed by atoms with E-state index in [0.29, 0.717) is 18.9 Å². The Kier molecular flexibility index (Phi) is 5.33. The van der Waals surface area contributed by atoms with Crippen molar-refractivity contribution < 1.29 is 9.13 Å². The van der Waals surface area contributed by atoms with E-state index >= 15 is 0 Å². The zero-order chi connectivity index (χ0) is 13.8. The molecule has 0 amide bonds. The number of nitrogens with one attached hydrogen (secondary N) is 1. The second kappa shape index (κ2) is 6.79. The molecule has 3 nitrogen and oxygen atoms in total. The van der Waals surface area contributed by atoms with E-state index in [4.69, 9.17) is 10.6 Å². The van der Waals surface area contributed by atoms with E-state index in [-0.39, 0.29) is 18.0 Å². The van der Waals surface area contributed by atoms with Gasteiger partial charge in [-0.15, -0.1) is 0 Å². The van der Waals surface area contributed by atoms with Crippen molar-refractivity contribution in [1.82, 2.24) is 5.43 Å². The van der Waals surface area contributed by atoms with Crippen molar-refractivity contribution in [3.05, 3.63) is 34.1 Å². The normalized spacial score (nSPS) is 18.3. The molecule has 0 radical (unpaired) electrons. The van der Waals surface area contributed by atoms with Crippen LogP contribution in [-0.2, 0) is 11.2 Å². The Hall–Kier alpha value is -0.490. The van der Waals surface area contributed by atoms with Gasteiger partial charge in [0, 0.05) is 11.1 Å². The molecule has 1 fully saturated rings. The minimum absolute atomic E-state index is 0.00514. The summed E-state index contributed by atoms with van der Waals surface area (Å²) in [4.78, 5) is 0. The second-order valence-corrected chi connectivity index (χ2v) is 5.82. The van der Waals surface area contributed by atoms with Gasteiger partial charge in [-0.25, -0.2) is 4.39 Å². The van der Waals surface area contributed by atoms with Crippen molar-refractivity contribution in [3.8, 4) is 0 Å². The SMILES string of the molecule is CCOC(C1CC1)C(Cc1cc(F)ccc1Br)NN. The smallest absolute Gasteiger partial charge is 0.123 e. The molecule has 1 aromatic rings. The Bertz CT molecular complexity index is 426. The van der Waals surface area contributed by atoms with Gasteiger partial charge in [-0.05, 0) is 55.9 Å². The summed E-state index contributed by atoms with van der Waals surface area (Å²) in [6, 6.07) is 4.72. The van der Waals surface area contributed by atoms with Crippen molar-refractivity contribution in [3.63, 3.8) is 0 Å². The molecule has 19 heavy (non-hydrogen) atoms. The molecule has 1 saturated carbocycles. The fraction of sp³-hybridized carbons (Fsp3) is 0.571. The van der Waals surface area contributed by atoms with Crippen LogP contribution in [-0.4, -0.2) is 18.8 Å². The van der Waals surface area contributed by atoms with Crippen molar-refractivity contribution in [2.24, 2.45) is 11.8 Å². The van der Waals surface area contributed by atoms with Crippen LogP contribution in [0.3, 0.4) is 0 Å². The van der Waals surface area contributed by atoms with Gasteiger partial charge in [-0.1, -0.05) is 15.9 Å². The summed E-state index contributed by atoms with van der Waals surface area (Å²) in [5, 5.41) is 0. The summed E-state index contributed by atoms with van der Waals surface area (Å²) in [5.74, 6) is 6.02. The second-order valence-electron chi connectivity index (χ2n) is 4.97. The fourth-order valence-corrected chi connectivity index (χ4v) is 2.81. The lowest BCUT2D eigenvalue weighted by atomic mass is 9.98. The Morgan fingerprint density at radius 3 is 2.84 bits per heavy atom. The van der Waals surface area contributed by atoms with E-state index in [1.807, 2.05) is 6.92 Å². The number of nitrogens with two attached hydrogens (primary N) is 1. The lowest BCUT2D eigenvalue weighted by Crippen LogP contribution is -2.47. The summed E-state index contributed by atoms with van der Waals surface area (Å²) >= 11 is 3.45. The van der Waals surface area contributed by atoms with E-state index in [9.17, 15) is 4.39 Å². The minimum atomic E-state index is -0.228. The van der Waals surface area contributed by atoms with Gasteiger partial charge in [-0.2, -0.15) is 0 Å². The summed E-state index contributed by atoms with van der Waals surface area (Å²) in [6.07, 6.45) is 3.13. The number of benzene rings is 1. The maximum Gasteiger partial charge on any atom is 0.123 e. The lowest BCUT2D eigenvalue weighted by molar-refractivity contribution is 0.0191. The van der Waals surface area contributed by atoms with Crippen molar-refractivity contribution >= 4 is 15.9 Å². The van der Waals surface area contributed by atoms with Gasteiger partial charge in [0.2, 0.25) is 0 Å². The van der Waals surface area contributed by atoms with Crippen LogP contribution in [0.25, 0.3) is 0 Å². The Labute approximate surface area is 121 Å². The van der Waals surface area contributed by atoms with Crippen molar-refractivity contribution in [2.75, 3.05) is 6.61 Å². The molecule has 2 rings (SSSR count). The number of hydrazine groups is 1. The molecule has 1 aliphatic rings. The maximum absolute atomic E-state index is 13.3. The molecule has 0 saturated heterocycles. The third-order valence-corrected chi connectivity index (χ3v) is 4.28. The minimum Gasteiger partial charge on any atom is -0.377 e. The van der Waals surface area contributed by atoms with Gasteiger partial charge in [0.15, 0.2) is 0 Å². The van der Waals surface area contributed by atoms with Gasteiger partial charge < -0.3 is 4.74 Å². The maximum atomic E-state index is 13.3. The molecule has 0 heterocycles. The van der Waals surface area contributed by atoms with Gasteiger partial charge in [0.05, 0.1) is 12.1 Å². The highest BCUT2D eigenvalue weighted by atomic mass is 79.9. The van der Waals surface area contributed by atoms with E-state index in [0.717, 1.165) is 10.0 Å². The molecule has 0 spiro atoms. The molecule has 1 aromatic carbocycles. The van der Waals surface area contributed by atoms with Gasteiger partial charge in [-0.3, -0.25) is 11.3 Å². The van der Waals surface area contributed by atoms with Gasteiger partial charge >= 0.3 is 0 Å². The van der Waals surface area contributed by atoms with Crippen LogP contribution in [0.4, 0.5) is 4.39 Å². The highest BCUT2D eigenvalue weighted by molar-refractivity contribution is 9.10. The summed E-state index contributed by atoms with van der Waals surface area (Å²) in [7, 11) is 0. The first-order valence-corrected chi connectivity index (χ1v) is 7.46. The number of hydrogen-bond donors (Lipinski definition) is 2. The lowest BCUT2D eigenvalue weighted by Gasteiger charge is -2.27. The molecule has 1 aliphatic carbocycles. The van der Waals surface area contributed by atoms with Gasteiger partial charge in [0.1, 0.15) is 5.82 Å². The van der Waals surface area contributed by atoms with Gasteiger partial charge in [0.25, 0.3) is 0 Å². The first-order valence-electron chi connectivity index (χ1n) is 6.67. The number of halogens is 2. The first-order chi connectivity index (χ1) is 9.15. The molecule has 0 aromatic heterocycles.